The molecule has 0 atom stereocenters. The Kier molecular flexibility index (Phi) is 4.60. The lowest BCUT2D eigenvalue weighted by Gasteiger charge is -2.25. The normalized spacial score (nSPS) is 15.9. The number of carbonyl (C=O) groups excluding carboxylic acids is 1. The molecule has 6 nitrogen and oxygen atoms in total. The average Bonchev–Trinajstić information content (AvgIpc) is 2.91. The SMILES string of the molecule is COc1c(CNC(=O)CN2CCOCC2)oc2ccccc12. The van der Waals surface area contributed by atoms with E-state index in [1.165, 1.54) is 0 Å². The van der Waals surface area contributed by atoms with Crippen LogP contribution in [0.25, 0.3) is 11.0 Å². The molecule has 0 saturated carbocycles. The lowest BCUT2D eigenvalue weighted by Crippen LogP contribution is -2.43. The molecular formula is C16H20N2O4. The summed E-state index contributed by atoms with van der Waals surface area (Å²) < 4.78 is 16.4. The highest BCUT2D eigenvalue weighted by atomic mass is 16.5. The summed E-state index contributed by atoms with van der Waals surface area (Å²) in [5.41, 5.74) is 0.761. The summed E-state index contributed by atoms with van der Waals surface area (Å²) in [6.45, 7) is 3.66. The van der Waals surface area contributed by atoms with Crippen molar-refractivity contribution in [3.8, 4) is 5.75 Å². The zero-order chi connectivity index (χ0) is 15.4. The van der Waals surface area contributed by atoms with Gasteiger partial charge in [0.15, 0.2) is 11.5 Å². The fourth-order valence-corrected chi connectivity index (χ4v) is 2.61. The van der Waals surface area contributed by atoms with Crippen LogP contribution in [0, 0.1) is 0 Å². The molecule has 3 rings (SSSR count). The van der Waals surface area contributed by atoms with Gasteiger partial charge < -0.3 is 19.2 Å². The van der Waals surface area contributed by atoms with E-state index < -0.39 is 0 Å². The van der Waals surface area contributed by atoms with Crippen LogP contribution in [0.4, 0.5) is 0 Å². The Morgan fingerprint density at radius 3 is 2.86 bits per heavy atom. The van der Waals surface area contributed by atoms with Crippen LogP contribution in [0.2, 0.25) is 0 Å². The van der Waals surface area contributed by atoms with E-state index in [2.05, 4.69) is 10.2 Å². The summed E-state index contributed by atoms with van der Waals surface area (Å²) in [5.74, 6) is 1.30. The minimum Gasteiger partial charge on any atom is -0.492 e. The zero-order valence-electron chi connectivity index (χ0n) is 12.6. The number of rotatable bonds is 5. The lowest BCUT2D eigenvalue weighted by atomic mass is 10.2. The Balaban J connectivity index is 1.62. The van der Waals surface area contributed by atoms with Gasteiger partial charge in [-0.15, -0.1) is 0 Å². The Labute approximate surface area is 129 Å². The van der Waals surface area contributed by atoms with Gasteiger partial charge in [-0.25, -0.2) is 0 Å². The molecule has 1 saturated heterocycles. The van der Waals surface area contributed by atoms with Crippen molar-refractivity contribution in [3.63, 3.8) is 0 Å². The van der Waals surface area contributed by atoms with E-state index in [0.29, 0.717) is 37.8 Å². The molecule has 1 aliphatic heterocycles. The van der Waals surface area contributed by atoms with E-state index in [0.717, 1.165) is 24.1 Å². The summed E-state index contributed by atoms with van der Waals surface area (Å²) in [6, 6.07) is 7.67. The minimum absolute atomic E-state index is 0.0237. The average molecular weight is 304 g/mol. The monoisotopic (exact) mass is 304 g/mol. The zero-order valence-corrected chi connectivity index (χ0v) is 12.6. The first-order valence-electron chi connectivity index (χ1n) is 7.39. The van der Waals surface area contributed by atoms with Gasteiger partial charge in [0, 0.05) is 13.1 Å². The van der Waals surface area contributed by atoms with Gasteiger partial charge in [-0.1, -0.05) is 12.1 Å². The Morgan fingerprint density at radius 1 is 1.32 bits per heavy atom. The number of hydrogen-bond donors (Lipinski definition) is 1. The van der Waals surface area contributed by atoms with Crippen molar-refractivity contribution in [2.45, 2.75) is 6.54 Å². The van der Waals surface area contributed by atoms with Crippen LogP contribution in [0.15, 0.2) is 28.7 Å². The number of nitrogens with one attached hydrogen (secondary N) is 1. The van der Waals surface area contributed by atoms with Gasteiger partial charge in [0.1, 0.15) is 5.58 Å². The van der Waals surface area contributed by atoms with Crippen molar-refractivity contribution in [1.82, 2.24) is 10.2 Å². The first-order chi connectivity index (χ1) is 10.8. The number of para-hydroxylation sites is 1. The van der Waals surface area contributed by atoms with E-state index in [9.17, 15) is 4.79 Å². The number of carbonyl (C=O) groups is 1. The Morgan fingerprint density at radius 2 is 2.09 bits per heavy atom. The Hall–Kier alpha value is -2.05. The molecule has 1 N–H and O–H groups in total. The predicted octanol–water partition coefficient (Wildman–Crippen LogP) is 1.39. The Bertz CT molecular complexity index is 647. The van der Waals surface area contributed by atoms with Crippen LogP contribution in [0.1, 0.15) is 5.76 Å². The molecule has 0 aliphatic carbocycles. The van der Waals surface area contributed by atoms with Crippen molar-refractivity contribution >= 4 is 16.9 Å². The third-order valence-corrected chi connectivity index (χ3v) is 3.74. The van der Waals surface area contributed by atoms with Gasteiger partial charge in [0.25, 0.3) is 0 Å². The van der Waals surface area contributed by atoms with E-state index in [1.807, 2.05) is 24.3 Å². The van der Waals surface area contributed by atoms with Crippen LogP contribution >= 0.6 is 0 Å². The number of amides is 1. The molecule has 1 aromatic heterocycles. The number of nitrogens with zero attached hydrogens (tertiary/aromatic N) is 1. The molecule has 0 unspecified atom stereocenters. The summed E-state index contributed by atoms with van der Waals surface area (Å²) in [4.78, 5) is 14.1. The third kappa shape index (κ3) is 3.23. The summed E-state index contributed by atoms with van der Waals surface area (Å²) >= 11 is 0. The van der Waals surface area contributed by atoms with Crippen LogP contribution < -0.4 is 10.1 Å². The largest absolute Gasteiger partial charge is 0.492 e. The van der Waals surface area contributed by atoms with Gasteiger partial charge in [0.2, 0.25) is 5.91 Å². The molecule has 1 amide bonds. The molecular weight excluding hydrogens is 284 g/mol. The van der Waals surface area contributed by atoms with Crippen molar-refractivity contribution in [3.05, 3.63) is 30.0 Å². The van der Waals surface area contributed by atoms with Gasteiger partial charge in [-0.05, 0) is 12.1 Å². The van der Waals surface area contributed by atoms with Gasteiger partial charge in [-0.2, -0.15) is 0 Å². The third-order valence-electron chi connectivity index (χ3n) is 3.74. The molecule has 1 aromatic carbocycles. The fourth-order valence-electron chi connectivity index (χ4n) is 2.61. The first-order valence-corrected chi connectivity index (χ1v) is 7.39. The molecule has 1 aliphatic rings. The number of benzene rings is 1. The van der Waals surface area contributed by atoms with Crippen molar-refractivity contribution < 1.29 is 18.7 Å². The maximum absolute atomic E-state index is 12.0. The molecule has 0 radical (unpaired) electrons. The maximum Gasteiger partial charge on any atom is 0.234 e. The lowest BCUT2D eigenvalue weighted by molar-refractivity contribution is -0.123. The van der Waals surface area contributed by atoms with Crippen LogP contribution in [-0.2, 0) is 16.1 Å². The molecule has 1 fully saturated rings. The molecule has 22 heavy (non-hydrogen) atoms. The summed E-state index contributed by atoms with van der Waals surface area (Å²) in [7, 11) is 1.61. The number of furan rings is 1. The van der Waals surface area contributed by atoms with Crippen LogP contribution in [0.3, 0.4) is 0 Å². The van der Waals surface area contributed by atoms with Gasteiger partial charge >= 0.3 is 0 Å². The quantitative estimate of drug-likeness (QED) is 0.904. The topological polar surface area (TPSA) is 63.9 Å². The molecule has 2 aromatic rings. The van der Waals surface area contributed by atoms with E-state index in [-0.39, 0.29) is 5.91 Å². The predicted molar refractivity (Wildman–Crippen MR) is 81.9 cm³/mol. The fraction of sp³-hybridized carbons (Fsp3) is 0.438. The van der Waals surface area contributed by atoms with Crippen molar-refractivity contribution in [2.24, 2.45) is 0 Å². The number of morpholine rings is 1. The minimum atomic E-state index is -0.0237. The van der Waals surface area contributed by atoms with Crippen LogP contribution in [-0.4, -0.2) is 50.8 Å². The van der Waals surface area contributed by atoms with E-state index in [4.69, 9.17) is 13.9 Å². The number of hydrogen-bond acceptors (Lipinski definition) is 5. The molecule has 6 heteroatoms. The van der Waals surface area contributed by atoms with E-state index >= 15 is 0 Å². The highest BCUT2D eigenvalue weighted by Crippen LogP contribution is 2.32. The number of methoxy groups -OCH3 is 1. The van der Waals surface area contributed by atoms with Crippen LogP contribution in [0.5, 0.6) is 5.75 Å². The summed E-state index contributed by atoms with van der Waals surface area (Å²) in [5, 5.41) is 3.81. The standard InChI is InChI=1S/C16H20N2O4/c1-20-16-12-4-2-3-5-13(12)22-14(16)10-17-15(19)11-18-6-8-21-9-7-18/h2-5H,6-11H2,1H3,(H,17,19). The first kappa shape index (κ1) is 14.9. The number of ether oxygens (including phenoxy) is 2. The smallest absolute Gasteiger partial charge is 0.234 e. The maximum atomic E-state index is 12.0. The van der Waals surface area contributed by atoms with E-state index in [1.54, 1.807) is 7.11 Å². The summed E-state index contributed by atoms with van der Waals surface area (Å²) in [6.07, 6.45) is 0. The second-order valence-electron chi connectivity index (χ2n) is 5.22. The van der Waals surface area contributed by atoms with Gasteiger partial charge in [0.05, 0.1) is 38.8 Å². The molecule has 118 valence electrons. The highest BCUT2D eigenvalue weighted by Gasteiger charge is 2.17. The van der Waals surface area contributed by atoms with Crippen molar-refractivity contribution in [1.29, 1.82) is 0 Å². The van der Waals surface area contributed by atoms with Crippen molar-refractivity contribution in [2.75, 3.05) is 40.0 Å². The molecule has 2 heterocycles. The molecule has 0 bridgehead atoms. The highest BCUT2D eigenvalue weighted by molar-refractivity contribution is 5.85. The second-order valence-corrected chi connectivity index (χ2v) is 5.22. The molecule has 0 spiro atoms. The van der Waals surface area contributed by atoms with Gasteiger partial charge in [-0.3, -0.25) is 9.69 Å². The number of fused-ring (bicyclic) bond motifs is 1. The second kappa shape index (κ2) is 6.81.